The number of rotatable bonds is 4. The second-order valence-electron chi connectivity index (χ2n) is 5.28. The minimum absolute atomic E-state index is 0.0233. The Morgan fingerprint density at radius 2 is 1.77 bits per heavy atom. The highest BCUT2D eigenvalue weighted by Gasteiger charge is 2.28. The molecule has 0 unspecified atom stereocenters. The van der Waals surface area contributed by atoms with Crippen molar-refractivity contribution in [1.82, 2.24) is 13.8 Å². The summed E-state index contributed by atoms with van der Waals surface area (Å²) in [6.45, 7) is 6.69. The second kappa shape index (κ2) is 6.51. The SMILES string of the molecule is CCS(=O)(=O)N1CCN(C(=O)Cn2c(C)c(C)sc2=O)CC1. The fourth-order valence-electron chi connectivity index (χ4n) is 2.40. The summed E-state index contributed by atoms with van der Waals surface area (Å²) < 4.78 is 26.5. The first-order chi connectivity index (χ1) is 10.3. The minimum Gasteiger partial charge on any atom is -0.338 e. The monoisotopic (exact) mass is 347 g/mol. The molecule has 0 saturated carbocycles. The van der Waals surface area contributed by atoms with Crippen molar-refractivity contribution in [2.24, 2.45) is 0 Å². The number of carbonyl (C=O) groups excluding carboxylic acids is 1. The Morgan fingerprint density at radius 3 is 2.23 bits per heavy atom. The summed E-state index contributed by atoms with van der Waals surface area (Å²) in [7, 11) is -3.20. The first kappa shape index (κ1) is 17.2. The van der Waals surface area contributed by atoms with Crippen molar-refractivity contribution in [3.8, 4) is 0 Å². The van der Waals surface area contributed by atoms with Gasteiger partial charge in [-0.2, -0.15) is 4.31 Å². The molecule has 2 heterocycles. The average molecular weight is 347 g/mol. The Labute approximate surface area is 134 Å². The van der Waals surface area contributed by atoms with Crippen LogP contribution in [0.4, 0.5) is 0 Å². The van der Waals surface area contributed by atoms with Gasteiger partial charge in [0.1, 0.15) is 6.54 Å². The van der Waals surface area contributed by atoms with E-state index >= 15 is 0 Å². The zero-order valence-corrected chi connectivity index (χ0v) is 14.7. The maximum atomic E-state index is 12.3. The van der Waals surface area contributed by atoms with Gasteiger partial charge >= 0.3 is 4.87 Å². The van der Waals surface area contributed by atoms with Gasteiger partial charge in [0.05, 0.1) is 5.75 Å². The van der Waals surface area contributed by atoms with Gasteiger partial charge in [-0.3, -0.25) is 14.2 Å². The summed E-state index contributed by atoms with van der Waals surface area (Å²) in [6, 6.07) is 0. The summed E-state index contributed by atoms with van der Waals surface area (Å²) in [5.74, 6) is -0.0690. The Kier molecular flexibility index (Phi) is 5.08. The zero-order valence-electron chi connectivity index (χ0n) is 13.0. The van der Waals surface area contributed by atoms with Gasteiger partial charge < -0.3 is 4.90 Å². The largest absolute Gasteiger partial charge is 0.338 e. The molecule has 0 aromatic carbocycles. The summed E-state index contributed by atoms with van der Waals surface area (Å²) >= 11 is 1.14. The molecule has 1 fully saturated rings. The van der Waals surface area contributed by atoms with Crippen LogP contribution in [0, 0.1) is 13.8 Å². The number of thiazole rings is 1. The molecule has 0 atom stereocenters. The first-order valence-electron chi connectivity index (χ1n) is 7.18. The fourth-order valence-corrected chi connectivity index (χ4v) is 4.32. The number of nitrogens with zero attached hydrogens (tertiary/aromatic N) is 3. The Morgan fingerprint density at radius 1 is 1.18 bits per heavy atom. The van der Waals surface area contributed by atoms with E-state index in [4.69, 9.17) is 0 Å². The van der Waals surface area contributed by atoms with Crippen molar-refractivity contribution < 1.29 is 13.2 Å². The van der Waals surface area contributed by atoms with E-state index in [0.29, 0.717) is 26.2 Å². The highest BCUT2D eigenvalue weighted by molar-refractivity contribution is 7.89. The van der Waals surface area contributed by atoms with Crippen molar-refractivity contribution in [3.63, 3.8) is 0 Å². The molecule has 1 aliphatic heterocycles. The number of aryl methyl sites for hydroxylation is 1. The van der Waals surface area contributed by atoms with Gasteiger partial charge in [-0.25, -0.2) is 8.42 Å². The third-order valence-electron chi connectivity index (χ3n) is 4.02. The van der Waals surface area contributed by atoms with E-state index in [1.807, 2.05) is 13.8 Å². The van der Waals surface area contributed by atoms with E-state index in [1.165, 1.54) is 8.87 Å². The van der Waals surface area contributed by atoms with Crippen LogP contribution in [0.5, 0.6) is 0 Å². The summed E-state index contributed by atoms with van der Waals surface area (Å²) in [5, 5.41) is 0. The first-order valence-corrected chi connectivity index (χ1v) is 9.61. The van der Waals surface area contributed by atoms with Crippen LogP contribution in [0.2, 0.25) is 0 Å². The highest BCUT2D eigenvalue weighted by Crippen LogP contribution is 2.12. The van der Waals surface area contributed by atoms with E-state index in [-0.39, 0.29) is 23.1 Å². The van der Waals surface area contributed by atoms with Crippen LogP contribution in [-0.4, -0.2) is 60.0 Å². The lowest BCUT2D eigenvalue weighted by Gasteiger charge is -2.33. The molecule has 1 aromatic heterocycles. The van der Waals surface area contributed by atoms with Gasteiger partial charge in [0.25, 0.3) is 0 Å². The van der Waals surface area contributed by atoms with E-state index in [0.717, 1.165) is 21.9 Å². The van der Waals surface area contributed by atoms with Gasteiger partial charge in [-0.05, 0) is 20.8 Å². The third kappa shape index (κ3) is 3.41. The van der Waals surface area contributed by atoms with E-state index in [9.17, 15) is 18.0 Å². The normalized spacial score (nSPS) is 17.0. The van der Waals surface area contributed by atoms with Gasteiger partial charge in [-0.15, -0.1) is 0 Å². The fraction of sp³-hybridized carbons (Fsp3) is 0.692. The molecule has 1 aliphatic rings. The average Bonchev–Trinajstić information content (AvgIpc) is 2.73. The molecule has 1 aromatic rings. The lowest BCUT2D eigenvalue weighted by Crippen LogP contribution is -2.51. The molecule has 1 saturated heterocycles. The lowest BCUT2D eigenvalue weighted by atomic mass is 10.3. The van der Waals surface area contributed by atoms with E-state index < -0.39 is 10.0 Å². The molecule has 0 spiro atoms. The number of amides is 1. The molecule has 22 heavy (non-hydrogen) atoms. The van der Waals surface area contributed by atoms with E-state index in [2.05, 4.69) is 0 Å². The van der Waals surface area contributed by atoms with Crippen molar-refractivity contribution >= 4 is 27.3 Å². The van der Waals surface area contributed by atoms with Crippen LogP contribution >= 0.6 is 11.3 Å². The second-order valence-corrected chi connectivity index (χ2v) is 8.70. The number of hydrogen-bond donors (Lipinski definition) is 0. The van der Waals surface area contributed by atoms with Gasteiger partial charge in [-0.1, -0.05) is 11.3 Å². The lowest BCUT2D eigenvalue weighted by molar-refractivity contribution is -0.133. The summed E-state index contributed by atoms with van der Waals surface area (Å²) in [5.41, 5.74) is 0.815. The zero-order chi connectivity index (χ0) is 16.5. The minimum atomic E-state index is -3.20. The molecule has 7 nitrogen and oxygen atoms in total. The number of carbonyl (C=O) groups is 1. The van der Waals surface area contributed by atoms with Crippen LogP contribution in [0.1, 0.15) is 17.5 Å². The predicted molar refractivity (Wildman–Crippen MR) is 85.7 cm³/mol. The van der Waals surface area contributed by atoms with Crippen LogP contribution in [-0.2, 0) is 21.4 Å². The van der Waals surface area contributed by atoms with Crippen molar-refractivity contribution in [1.29, 1.82) is 0 Å². The standard InChI is InChI=1S/C13H21N3O4S2/c1-4-22(19,20)15-7-5-14(6-8-15)12(17)9-16-10(2)11(3)21-13(16)18/h4-9H2,1-3H3. The molecular weight excluding hydrogens is 326 g/mol. The van der Waals surface area contributed by atoms with Gasteiger partial charge in [0.2, 0.25) is 15.9 Å². The Bertz CT molecular complexity index is 712. The quantitative estimate of drug-likeness (QED) is 0.769. The third-order valence-corrected chi connectivity index (χ3v) is 6.90. The maximum Gasteiger partial charge on any atom is 0.308 e. The maximum absolute atomic E-state index is 12.3. The highest BCUT2D eigenvalue weighted by atomic mass is 32.2. The number of piperazine rings is 1. The molecule has 0 bridgehead atoms. The molecule has 0 N–H and O–H groups in total. The smallest absolute Gasteiger partial charge is 0.308 e. The van der Waals surface area contributed by atoms with Crippen molar-refractivity contribution in [2.75, 3.05) is 31.9 Å². The topological polar surface area (TPSA) is 79.7 Å². The number of sulfonamides is 1. The molecular formula is C13H21N3O4S2. The van der Waals surface area contributed by atoms with Crippen LogP contribution in [0.15, 0.2) is 4.79 Å². The van der Waals surface area contributed by atoms with Crippen LogP contribution < -0.4 is 4.87 Å². The van der Waals surface area contributed by atoms with Crippen LogP contribution in [0.25, 0.3) is 0 Å². The molecule has 1 amide bonds. The Hall–Kier alpha value is -1.19. The predicted octanol–water partition coefficient (Wildman–Crippen LogP) is 0.0205. The molecule has 124 valence electrons. The van der Waals surface area contributed by atoms with Crippen molar-refractivity contribution in [2.45, 2.75) is 27.3 Å². The molecule has 9 heteroatoms. The van der Waals surface area contributed by atoms with E-state index in [1.54, 1.807) is 11.8 Å². The number of hydrogen-bond acceptors (Lipinski definition) is 5. The molecule has 0 aliphatic carbocycles. The molecule has 2 rings (SSSR count). The summed E-state index contributed by atoms with van der Waals surface area (Å²) in [6.07, 6.45) is 0. The van der Waals surface area contributed by atoms with Gasteiger partial charge in [0, 0.05) is 36.8 Å². The number of aromatic nitrogens is 1. The Balaban J connectivity index is 2.00. The molecule has 0 radical (unpaired) electrons. The summed E-state index contributed by atoms with van der Waals surface area (Å²) in [4.78, 5) is 26.5. The van der Waals surface area contributed by atoms with Crippen LogP contribution in [0.3, 0.4) is 0 Å². The van der Waals surface area contributed by atoms with Crippen molar-refractivity contribution in [3.05, 3.63) is 20.2 Å². The van der Waals surface area contributed by atoms with Gasteiger partial charge in [0.15, 0.2) is 0 Å².